The molecule has 0 amide bonds. The molecule has 74 valence electrons. The first-order valence-electron chi connectivity index (χ1n) is 3.56. The van der Waals surface area contributed by atoms with Crippen LogP contribution >= 0.6 is 11.6 Å². The Morgan fingerprint density at radius 2 is 2.07 bits per heavy atom. The van der Waals surface area contributed by atoms with Crippen molar-refractivity contribution in [2.24, 2.45) is 0 Å². The number of carbonyl (C=O) groups is 1. The fraction of sp³-hybridized carbons (Fsp3) is 0. The summed E-state index contributed by atoms with van der Waals surface area (Å²) < 4.78 is 25.6. The predicted molar refractivity (Wildman–Crippen MR) is 47.8 cm³/mol. The van der Waals surface area contributed by atoms with Crippen LogP contribution in [0.4, 0.5) is 8.78 Å². The van der Waals surface area contributed by atoms with Crippen molar-refractivity contribution >= 4 is 22.6 Å². The third-order valence-electron chi connectivity index (χ3n) is 1.44. The van der Waals surface area contributed by atoms with Gasteiger partial charge in [0, 0.05) is 11.6 Å². The van der Waals surface area contributed by atoms with Gasteiger partial charge in [-0.05, 0) is 18.2 Å². The molecule has 0 aromatic heterocycles. The molecule has 5 heteroatoms. The van der Waals surface area contributed by atoms with Gasteiger partial charge < -0.3 is 5.11 Å². The summed E-state index contributed by atoms with van der Waals surface area (Å²) in [6, 6.07) is 2.63. The van der Waals surface area contributed by atoms with Crippen molar-refractivity contribution in [2.45, 2.75) is 0 Å². The van der Waals surface area contributed by atoms with Crippen LogP contribution in [0.3, 0.4) is 0 Å². The predicted octanol–water partition coefficient (Wildman–Crippen LogP) is 2.63. The molecule has 0 aliphatic rings. The summed E-state index contributed by atoms with van der Waals surface area (Å²) >= 11 is 5.45. The fourth-order valence-corrected chi connectivity index (χ4v) is 1.10. The van der Waals surface area contributed by atoms with E-state index in [-0.39, 0.29) is 10.6 Å². The van der Waals surface area contributed by atoms with Crippen molar-refractivity contribution in [1.82, 2.24) is 0 Å². The zero-order valence-electron chi connectivity index (χ0n) is 6.80. The topological polar surface area (TPSA) is 37.3 Å². The van der Waals surface area contributed by atoms with Gasteiger partial charge in [0.2, 0.25) is 0 Å². The van der Waals surface area contributed by atoms with Gasteiger partial charge in [0.05, 0.1) is 5.03 Å². The Hall–Kier alpha value is -1.42. The summed E-state index contributed by atoms with van der Waals surface area (Å²) in [7, 11) is 0. The Balaban J connectivity index is 3.18. The molecule has 0 heterocycles. The lowest BCUT2D eigenvalue weighted by atomic mass is 10.2. The molecule has 0 atom stereocenters. The van der Waals surface area contributed by atoms with Crippen LogP contribution in [0.15, 0.2) is 24.3 Å². The number of benzene rings is 1. The molecule has 0 spiro atoms. The summed E-state index contributed by atoms with van der Waals surface area (Å²) in [5.41, 5.74) is -0.269. The van der Waals surface area contributed by atoms with Gasteiger partial charge >= 0.3 is 5.97 Å². The van der Waals surface area contributed by atoms with Gasteiger partial charge in [0.25, 0.3) is 0 Å². The number of aliphatic carboxylic acids is 1. The second kappa shape index (κ2) is 4.19. The van der Waals surface area contributed by atoms with Crippen LogP contribution in [0.5, 0.6) is 0 Å². The van der Waals surface area contributed by atoms with E-state index < -0.39 is 17.6 Å². The molecule has 1 rings (SSSR count). The van der Waals surface area contributed by atoms with Gasteiger partial charge in [0.1, 0.15) is 11.6 Å². The van der Waals surface area contributed by atoms with Crippen molar-refractivity contribution in [3.8, 4) is 0 Å². The van der Waals surface area contributed by atoms with Crippen LogP contribution in [-0.2, 0) is 4.79 Å². The number of carboxylic acids is 1. The van der Waals surface area contributed by atoms with Crippen molar-refractivity contribution in [2.75, 3.05) is 0 Å². The van der Waals surface area contributed by atoms with Crippen molar-refractivity contribution in [3.05, 3.63) is 41.5 Å². The van der Waals surface area contributed by atoms with Gasteiger partial charge in [0.15, 0.2) is 0 Å². The van der Waals surface area contributed by atoms with Gasteiger partial charge in [-0.3, -0.25) is 0 Å². The highest BCUT2D eigenvalue weighted by molar-refractivity contribution is 6.50. The second-order valence-corrected chi connectivity index (χ2v) is 2.86. The molecule has 0 fully saturated rings. The van der Waals surface area contributed by atoms with Crippen LogP contribution < -0.4 is 0 Å². The average Bonchev–Trinajstić information content (AvgIpc) is 2.08. The van der Waals surface area contributed by atoms with E-state index in [0.717, 1.165) is 18.2 Å². The monoisotopic (exact) mass is 218 g/mol. The molecule has 14 heavy (non-hydrogen) atoms. The molecular weight excluding hydrogens is 214 g/mol. The number of hydrogen-bond donors (Lipinski definition) is 1. The quantitative estimate of drug-likeness (QED) is 0.775. The normalized spacial score (nSPS) is 11.5. The average molecular weight is 219 g/mol. The number of halogens is 3. The highest BCUT2D eigenvalue weighted by Gasteiger charge is 2.08. The second-order valence-electron chi connectivity index (χ2n) is 2.45. The maximum atomic E-state index is 13.0. The third kappa shape index (κ3) is 2.53. The molecule has 0 radical (unpaired) electrons. The van der Waals surface area contributed by atoms with Crippen molar-refractivity contribution in [1.29, 1.82) is 0 Å². The smallest absolute Gasteiger partial charge is 0.329 e. The first kappa shape index (κ1) is 10.7. The molecule has 1 aromatic carbocycles. The van der Waals surface area contributed by atoms with E-state index in [4.69, 9.17) is 16.7 Å². The summed E-state index contributed by atoms with van der Waals surface area (Å²) in [6.07, 6.45) is 0.597. The minimum Gasteiger partial charge on any atom is -0.478 e. The third-order valence-corrected chi connectivity index (χ3v) is 1.75. The maximum absolute atomic E-state index is 13.0. The Labute approximate surface area is 83.4 Å². The van der Waals surface area contributed by atoms with Crippen LogP contribution in [0.1, 0.15) is 5.56 Å². The highest BCUT2D eigenvalue weighted by Crippen LogP contribution is 2.22. The molecule has 0 unspecified atom stereocenters. The van der Waals surface area contributed by atoms with Crippen LogP contribution in [0.25, 0.3) is 5.03 Å². The maximum Gasteiger partial charge on any atom is 0.329 e. The van der Waals surface area contributed by atoms with E-state index in [1.54, 1.807) is 0 Å². The molecule has 2 nitrogen and oxygen atoms in total. The highest BCUT2D eigenvalue weighted by atomic mass is 35.5. The first-order chi connectivity index (χ1) is 6.50. The molecule has 1 N–H and O–H groups in total. The SMILES string of the molecule is O=C(O)/C=C(/Cl)c1cc(F)ccc1F. The summed E-state index contributed by atoms with van der Waals surface area (Å²) in [5, 5.41) is 7.98. The lowest BCUT2D eigenvalue weighted by Gasteiger charge is -2.00. The standard InChI is InChI=1S/C9H5ClF2O2/c10-7(4-9(13)14)6-3-5(11)1-2-8(6)12/h1-4H,(H,13,14)/b7-4+. The molecule has 0 bridgehead atoms. The molecule has 0 aliphatic carbocycles. The zero-order chi connectivity index (χ0) is 10.7. The van der Waals surface area contributed by atoms with Gasteiger partial charge in [-0.25, -0.2) is 13.6 Å². The minimum absolute atomic E-state index is 0.269. The van der Waals surface area contributed by atoms with Crippen LogP contribution in [0.2, 0.25) is 0 Å². The van der Waals surface area contributed by atoms with Gasteiger partial charge in [-0.2, -0.15) is 0 Å². The van der Waals surface area contributed by atoms with E-state index in [1.165, 1.54) is 0 Å². The first-order valence-corrected chi connectivity index (χ1v) is 3.94. The number of hydrogen-bond acceptors (Lipinski definition) is 1. The lowest BCUT2D eigenvalue weighted by Crippen LogP contribution is -1.92. The van der Waals surface area contributed by atoms with E-state index in [0.29, 0.717) is 6.08 Å². The van der Waals surface area contributed by atoms with E-state index >= 15 is 0 Å². The van der Waals surface area contributed by atoms with Crippen LogP contribution in [0, 0.1) is 11.6 Å². The largest absolute Gasteiger partial charge is 0.478 e. The molecule has 0 aliphatic heterocycles. The molecule has 0 saturated carbocycles. The summed E-state index contributed by atoms with van der Waals surface area (Å²) in [6.45, 7) is 0. The molecule has 1 aromatic rings. The Bertz CT molecular complexity index is 402. The Kier molecular flexibility index (Phi) is 3.19. The van der Waals surface area contributed by atoms with Crippen molar-refractivity contribution in [3.63, 3.8) is 0 Å². The number of rotatable bonds is 2. The van der Waals surface area contributed by atoms with E-state index in [1.807, 2.05) is 0 Å². The van der Waals surface area contributed by atoms with Crippen molar-refractivity contribution < 1.29 is 18.7 Å². The summed E-state index contributed by atoms with van der Waals surface area (Å²) in [4.78, 5) is 10.2. The fourth-order valence-electron chi connectivity index (χ4n) is 0.867. The van der Waals surface area contributed by atoms with E-state index in [2.05, 4.69) is 0 Å². The molecule has 0 saturated heterocycles. The van der Waals surface area contributed by atoms with Gasteiger partial charge in [-0.1, -0.05) is 11.6 Å². The minimum atomic E-state index is -1.32. The molecular formula is C9H5ClF2O2. The zero-order valence-corrected chi connectivity index (χ0v) is 7.55. The van der Waals surface area contributed by atoms with E-state index in [9.17, 15) is 13.6 Å². The lowest BCUT2D eigenvalue weighted by molar-refractivity contribution is -0.131. The number of carboxylic acid groups (broad SMARTS) is 1. The Morgan fingerprint density at radius 3 is 2.64 bits per heavy atom. The van der Waals surface area contributed by atoms with Gasteiger partial charge in [-0.15, -0.1) is 0 Å². The van der Waals surface area contributed by atoms with Crippen LogP contribution in [-0.4, -0.2) is 11.1 Å². The Morgan fingerprint density at radius 1 is 1.43 bits per heavy atom. The summed E-state index contributed by atoms with van der Waals surface area (Å²) in [5.74, 6) is -2.77.